The molecule has 0 amide bonds. The number of aryl methyl sites for hydroxylation is 1. The second kappa shape index (κ2) is 5.35. The van der Waals surface area contributed by atoms with Crippen LogP contribution in [0.2, 0.25) is 0 Å². The molecule has 0 aliphatic heterocycles. The fraction of sp³-hybridized carbons (Fsp3) is 0.0667. The zero-order valence-electron chi connectivity index (χ0n) is 10.3. The molecule has 0 aliphatic rings. The molecule has 0 bridgehead atoms. The molecule has 0 saturated heterocycles. The molecule has 2 aromatic carbocycles. The van der Waals surface area contributed by atoms with E-state index in [-0.39, 0.29) is 5.56 Å². The third-order valence-corrected chi connectivity index (χ3v) is 2.74. The topological polar surface area (TPSA) is 63.6 Å². The first-order valence-corrected chi connectivity index (χ1v) is 5.69. The Bertz CT molecular complexity index is 617. The first-order chi connectivity index (χ1) is 9.09. The lowest BCUT2D eigenvalue weighted by atomic mass is 9.96. The van der Waals surface area contributed by atoms with Crippen LogP contribution in [0, 0.1) is 6.92 Å². The molecule has 4 heteroatoms. The van der Waals surface area contributed by atoms with Crippen LogP contribution in [0.25, 0.3) is 11.1 Å². The third-order valence-electron chi connectivity index (χ3n) is 2.74. The number of esters is 1. The molecule has 0 saturated carbocycles. The Balaban J connectivity index is 2.54. The van der Waals surface area contributed by atoms with Crippen LogP contribution >= 0.6 is 0 Å². The van der Waals surface area contributed by atoms with Gasteiger partial charge >= 0.3 is 12.1 Å². The molecule has 2 rings (SSSR count). The summed E-state index contributed by atoms with van der Waals surface area (Å²) in [6.45, 7) is 1.74. The number of carbonyl (C=O) groups excluding carboxylic acids is 1. The minimum Gasteiger partial charge on any atom is -0.449 e. The van der Waals surface area contributed by atoms with Crippen molar-refractivity contribution in [2.75, 3.05) is 0 Å². The summed E-state index contributed by atoms with van der Waals surface area (Å²) >= 11 is 0. The van der Waals surface area contributed by atoms with Crippen molar-refractivity contribution in [1.82, 2.24) is 0 Å². The molecule has 1 N–H and O–H groups in total. The lowest BCUT2D eigenvalue weighted by molar-refractivity contribution is 0.0509. The number of ether oxygens (including phenoxy) is 1. The van der Waals surface area contributed by atoms with Crippen LogP contribution in [0.4, 0.5) is 4.79 Å². The summed E-state index contributed by atoms with van der Waals surface area (Å²) in [5, 5.41) is 8.55. The van der Waals surface area contributed by atoms with Crippen LogP contribution in [-0.2, 0) is 4.74 Å². The molecule has 19 heavy (non-hydrogen) atoms. The first-order valence-electron chi connectivity index (χ1n) is 5.69. The zero-order chi connectivity index (χ0) is 13.8. The Labute approximate surface area is 110 Å². The highest BCUT2D eigenvalue weighted by Gasteiger charge is 2.19. The summed E-state index contributed by atoms with van der Waals surface area (Å²) < 4.78 is 4.26. The molecule has 0 fully saturated rings. The summed E-state index contributed by atoms with van der Waals surface area (Å²) in [4.78, 5) is 22.4. The average Bonchev–Trinajstić information content (AvgIpc) is 2.38. The molecule has 0 unspecified atom stereocenters. The fourth-order valence-corrected chi connectivity index (χ4v) is 1.93. The first kappa shape index (κ1) is 12.8. The van der Waals surface area contributed by atoms with Gasteiger partial charge in [-0.1, -0.05) is 48.5 Å². The maximum atomic E-state index is 11.9. The van der Waals surface area contributed by atoms with E-state index in [0.29, 0.717) is 11.1 Å². The molecule has 4 nitrogen and oxygen atoms in total. The van der Waals surface area contributed by atoms with E-state index < -0.39 is 12.1 Å². The Kier molecular flexibility index (Phi) is 3.61. The molecule has 0 atom stereocenters. The van der Waals surface area contributed by atoms with Crippen LogP contribution in [0.5, 0.6) is 0 Å². The van der Waals surface area contributed by atoms with E-state index in [1.807, 2.05) is 36.4 Å². The van der Waals surface area contributed by atoms with Gasteiger partial charge in [-0.2, -0.15) is 0 Å². The number of hydrogen-bond acceptors (Lipinski definition) is 3. The zero-order valence-corrected chi connectivity index (χ0v) is 10.3. The summed E-state index contributed by atoms with van der Waals surface area (Å²) in [7, 11) is 0. The lowest BCUT2D eigenvalue weighted by Crippen LogP contribution is -2.12. The van der Waals surface area contributed by atoms with Gasteiger partial charge in [-0.05, 0) is 23.6 Å². The fourth-order valence-electron chi connectivity index (χ4n) is 1.93. The van der Waals surface area contributed by atoms with Gasteiger partial charge < -0.3 is 9.84 Å². The smallest absolute Gasteiger partial charge is 0.449 e. The van der Waals surface area contributed by atoms with Crippen LogP contribution in [0.15, 0.2) is 48.5 Å². The summed E-state index contributed by atoms with van der Waals surface area (Å²) in [5.74, 6) is -0.857. The summed E-state index contributed by atoms with van der Waals surface area (Å²) in [5.41, 5.74) is 2.44. The molecule has 0 aliphatic carbocycles. The van der Waals surface area contributed by atoms with Crippen LogP contribution in [0.3, 0.4) is 0 Å². The van der Waals surface area contributed by atoms with E-state index in [0.717, 1.165) is 5.56 Å². The van der Waals surface area contributed by atoms with Crippen LogP contribution < -0.4 is 0 Å². The third kappa shape index (κ3) is 2.80. The molecule has 2 aromatic rings. The minimum absolute atomic E-state index is 0.274. The van der Waals surface area contributed by atoms with Crippen molar-refractivity contribution in [3.05, 3.63) is 59.7 Å². The van der Waals surface area contributed by atoms with Crippen molar-refractivity contribution in [2.24, 2.45) is 0 Å². The Hall–Kier alpha value is -2.62. The van der Waals surface area contributed by atoms with Crippen LogP contribution in [0.1, 0.15) is 15.9 Å². The second-order valence-corrected chi connectivity index (χ2v) is 4.02. The van der Waals surface area contributed by atoms with Crippen molar-refractivity contribution < 1.29 is 19.4 Å². The van der Waals surface area contributed by atoms with E-state index in [2.05, 4.69) is 4.74 Å². The predicted molar refractivity (Wildman–Crippen MR) is 70.1 cm³/mol. The molecule has 0 spiro atoms. The van der Waals surface area contributed by atoms with Crippen molar-refractivity contribution in [2.45, 2.75) is 6.92 Å². The molecular weight excluding hydrogens is 244 g/mol. The quantitative estimate of drug-likeness (QED) is 0.659. The average molecular weight is 256 g/mol. The maximum absolute atomic E-state index is 11.9. The highest BCUT2D eigenvalue weighted by atomic mass is 16.7. The molecular formula is C15H12O4. The van der Waals surface area contributed by atoms with E-state index in [1.54, 1.807) is 19.1 Å². The maximum Gasteiger partial charge on any atom is 0.513 e. The second-order valence-electron chi connectivity index (χ2n) is 4.02. The van der Waals surface area contributed by atoms with Crippen molar-refractivity contribution >= 4 is 12.1 Å². The van der Waals surface area contributed by atoms with Crippen molar-refractivity contribution in [3.63, 3.8) is 0 Å². The predicted octanol–water partition coefficient (Wildman–Crippen LogP) is 3.50. The molecule has 0 aromatic heterocycles. The lowest BCUT2D eigenvalue weighted by Gasteiger charge is -2.10. The molecule has 0 heterocycles. The largest absolute Gasteiger partial charge is 0.513 e. The van der Waals surface area contributed by atoms with Gasteiger partial charge in [0.25, 0.3) is 0 Å². The van der Waals surface area contributed by atoms with E-state index in [1.165, 1.54) is 0 Å². The standard InChI is InChI=1S/C15H12O4/c1-10-6-5-9-12(11-7-3-2-4-8-11)13(10)14(16)19-15(17)18/h2-9H,1H3,(H,17,18). The van der Waals surface area contributed by atoms with Crippen LogP contribution in [-0.4, -0.2) is 17.2 Å². The van der Waals surface area contributed by atoms with E-state index in [4.69, 9.17) is 5.11 Å². The van der Waals surface area contributed by atoms with E-state index >= 15 is 0 Å². The number of rotatable bonds is 2. The van der Waals surface area contributed by atoms with Gasteiger partial charge in [0.1, 0.15) is 0 Å². The van der Waals surface area contributed by atoms with Gasteiger partial charge in [-0.3, -0.25) is 0 Å². The molecule has 0 radical (unpaired) electrons. The SMILES string of the molecule is Cc1cccc(-c2ccccc2)c1C(=O)OC(=O)O. The number of benzene rings is 2. The van der Waals surface area contributed by atoms with Gasteiger partial charge in [0, 0.05) is 0 Å². The highest BCUT2D eigenvalue weighted by molar-refractivity contribution is 6.02. The summed E-state index contributed by atoms with van der Waals surface area (Å²) in [6.07, 6.45) is -1.60. The number of carboxylic acid groups (broad SMARTS) is 1. The number of hydrogen-bond donors (Lipinski definition) is 1. The Morgan fingerprint density at radius 2 is 1.68 bits per heavy atom. The minimum atomic E-state index is -1.60. The van der Waals surface area contributed by atoms with Gasteiger partial charge in [0.15, 0.2) is 0 Å². The van der Waals surface area contributed by atoms with Gasteiger partial charge in [-0.15, -0.1) is 0 Å². The van der Waals surface area contributed by atoms with E-state index in [9.17, 15) is 9.59 Å². The van der Waals surface area contributed by atoms with Gasteiger partial charge in [0.05, 0.1) is 5.56 Å². The Morgan fingerprint density at radius 1 is 1.00 bits per heavy atom. The van der Waals surface area contributed by atoms with Crippen molar-refractivity contribution in [1.29, 1.82) is 0 Å². The number of carbonyl (C=O) groups is 2. The summed E-state index contributed by atoms with van der Waals surface area (Å²) in [6, 6.07) is 14.6. The Morgan fingerprint density at radius 3 is 2.32 bits per heavy atom. The molecule has 96 valence electrons. The highest BCUT2D eigenvalue weighted by Crippen LogP contribution is 2.26. The normalized spacial score (nSPS) is 9.95. The monoisotopic (exact) mass is 256 g/mol. The van der Waals surface area contributed by atoms with Gasteiger partial charge in [0.2, 0.25) is 0 Å². The van der Waals surface area contributed by atoms with Crippen molar-refractivity contribution in [3.8, 4) is 11.1 Å². The van der Waals surface area contributed by atoms with Gasteiger partial charge in [-0.25, -0.2) is 9.59 Å².